The number of nitrogens with one attached hydrogen (secondary N) is 1. The van der Waals surface area contributed by atoms with E-state index in [-0.39, 0.29) is 23.7 Å². The number of carbonyl (C=O) groups is 1. The SMILES string of the molecule is CC(C)c1nc(C(=O)N(C)C(C)c2cccs2)n[nH]1. The molecule has 2 aromatic heterocycles. The summed E-state index contributed by atoms with van der Waals surface area (Å²) < 4.78 is 0. The number of amides is 1. The molecule has 5 nitrogen and oxygen atoms in total. The molecule has 102 valence electrons. The fraction of sp³-hybridized carbons (Fsp3) is 0.462. The lowest BCUT2D eigenvalue weighted by Crippen LogP contribution is -2.30. The molecule has 0 bridgehead atoms. The molecule has 2 rings (SSSR count). The van der Waals surface area contributed by atoms with Gasteiger partial charge in [0.25, 0.3) is 5.91 Å². The number of thiophene rings is 1. The van der Waals surface area contributed by atoms with Gasteiger partial charge in [-0.2, -0.15) is 0 Å². The van der Waals surface area contributed by atoms with Gasteiger partial charge in [-0.1, -0.05) is 19.9 Å². The molecule has 1 atom stereocenters. The quantitative estimate of drug-likeness (QED) is 0.935. The van der Waals surface area contributed by atoms with E-state index < -0.39 is 0 Å². The third-order valence-corrected chi connectivity index (χ3v) is 4.14. The first-order valence-electron chi connectivity index (χ1n) is 6.23. The predicted octanol–water partition coefficient (Wildman–Crippen LogP) is 2.82. The van der Waals surface area contributed by atoms with E-state index >= 15 is 0 Å². The van der Waals surface area contributed by atoms with Crippen LogP contribution in [0.15, 0.2) is 17.5 Å². The molecule has 2 heterocycles. The molecule has 1 unspecified atom stereocenters. The number of aromatic amines is 1. The second-order valence-electron chi connectivity index (χ2n) is 4.81. The number of hydrogen-bond donors (Lipinski definition) is 1. The number of nitrogens with zero attached hydrogens (tertiary/aromatic N) is 3. The fourth-order valence-corrected chi connectivity index (χ4v) is 2.51. The Bertz CT molecular complexity index is 547. The van der Waals surface area contributed by atoms with E-state index in [4.69, 9.17) is 0 Å². The van der Waals surface area contributed by atoms with Crippen molar-refractivity contribution in [1.82, 2.24) is 20.1 Å². The number of hydrogen-bond acceptors (Lipinski definition) is 4. The molecule has 6 heteroatoms. The van der Waals surface area contributed by atoms with Crippen LogP contribution >= 0.6 is 11.3 Å². The van der Waals surface area contributed by atoms with Gasteiger partial charge in [0, 0.05) is 17.8 Å². The van der Waals surface area contributed by atoms with Gasteiger partial charge in [-0.05, 0) is 18.4 Å². The Balaban J connectivity index is 2.14. The maximum atomic E-state index is 12.3. The van der Waals surface area contributed by atoms with Crippen LogP contribution in [0.5, 0.6) is 0 Å². The molecule has 0 aliphatic carbocycles. The molecule has 0 aliphatic heterocycles. The topological polar surface area (TPSA) is 61.9 Å². The number of rotatable bonds is 4. The molecule has 0 spiro atoms. The summed E-state index contributed by atoms with van der Waals surface area (Å²) in [5, 5.41) is 8.81. The zero-order valence-electron chi connectivity index (χ0n) is 11.5. The highest BCUT2D eigenvalue weighted by atomic mass is 32.1. The summed E-state index contributed by atoms with van der Waals surface area (Å²) in [4.78, 5) is 19.4. The van der Waals surface area contributed by atoms with Crippen LogP contribution in [0, 0.1) is 0 Å². The monoisotopic (exact) mass is 278 g/mol. The average Bonchev–Trinajstić information content (AvgIpc) is 3.06. The summed E-state index contributed by atoms with van der Waals surface area (Å²) in [5.74, 6) is 1.04. The Kier molecular flexibility index (Phi) is 3.99. The van der Waals surface area contributed by atoms with E-state index in [9.17, 15) is 4.79 Å². The summed E-state index contributed by atoms with van der Waals surface area (Å²) in [5.41, 5.74) is 0. The van der Waals surface area contributed by atoms with Crippen molar-refractivity contribution in [3.05, 3.63) is 34.0 Å². The molecule has 0 saturated carbocycles. The van der Waals surface area contributed by atoms with Crippen molar-refractivity contribution >= 4 is 17.2 Å². The molecular formula is C13H18N4OS. The van der Waals surface area contributed by atoms with Gasteiger partial charge < -0.3 is 4.90 Å². The van der Waals surface area contributed by atoms with Crippen LogP contribution in [0.4, 0.5) is 0 Å². The first-order chi connectivity index (χ1) is 9.00. The lowest BCUT2D eigenvalue weighted by Gasteiger charge is -2.22. The van der Waals surface area contributed by atoms with Gasteiger partial charge in [0.1, 0.15) is 5.82 Å². The number of aromatic nitrogens is 3. The van der Waals surface area contributed by atoms with Crippen molar-refractivity contribution in [2.75, 3.05) is 7.05 Å². The summed E-state index contributed by atoms with van der Waals surface area (Å²) in [7, 11) is 1.78. The van der Waals surface area contributed by atoms with Crippen molar-refractivity contribution < 1.29 is 4.79 Å². The highest BCUT2D eigenvalue weighted by Crippen LogP contribution is 2.24. The zero-order chi connectivity index (χ0) is 14.0. The molecule has 2 aromatic rings. The van der Waals surface area contributed by atoms with E-state index in [1.165, 1.54) is 0 Å². The standard InChI is InChI=1S/C13H18N4OS/c1-8(2)11-14-12(16-15-11)13(18)17(4)9(3)10-6-5-7-19-10/h5-9H,1-4H3,(H,14,15,16). The van der Waals surface area contributed by atoms with Crippen LogP contribution in [-0.2, 0) is 0 Å². The number of H-pyrrole nitrogens is 1. The Morgan fingerprint density at radius 3 is 2.68 bits per heavy atom. The van der Waals surface area contributed by atoms with Crippen molar-refractivity contribution in [2.24, 2.45) is 0 Å². The van der Waals surface area contributed by atoms with E-state index in [1.54, 1.807) is 23.3 Å². The van der Waals surface area contributed by atoms with Crippen LogP contribution in [0.3, 0.4) is 0 Å². The van der Waals surface area contributed by atoms with Gasteiger partial charge in [-0.3, -0.25) is 9.89 Å². The average molecular weight is 278 g/mol. The minimum atomic E-state index is -0.163. The molecule has 0 fully saturated rings. The maximum absolute atomic E-state index is 12.3. The Labute approximate surface area is 116 Å². The molecule has 0 radical (unpaired) electrons. The van der Waals surface area contributed by atoms with Crippen LogP contribution in [0.25, 0.3) is 0 Å². The van der Waals surface area contributed by atoms with E-state index in [1.807, 2.05) is 38.3 Å². The Morgan fingerprint density at radius 1 is 1.42 bits per heavy atom. The minimum Gasteiger partial charge on any atom is -0.331 e. The van der Waals surface area contributed by atoms with E-state index in [0.717, 1.165) is 10.7 Å². The van der Waals surface area contributed by atoms with Crippen molar-refractivity contribution in [2.45, 2.75) is 32.7 Å². The van der Waals surface area contributed by atoms with Gasteiger partial charge in [0.05, 0.1) is 6.04 Å². The third kappa shape index (κ3) is 2.84. The summed E-state index contributed by atoms with van der Waals surface area (Å²) in [6, 6.07) is 4.03. The second-order valence-corrected chi connectivity index (χ2v) is 5.79. The molecule has 1 amide bonds. The summed E-state index contributed by atoms with van der Waals surface area (Å²) >= 11 is 1.64. The van der Waals surface area contributed by atoms with Gasteiger partial charge in [-0.25, -0.2) is 4.98 Å². The molecule has 19 heavy (non-hydrogen) atoms. The lowest BCUT2D eigenvalue weighted by atomic mass is 10.2. The van der Waals surface area contributed by atoms with Crippen molar-refractivity contribution in [3.63, 3.8) is 0 Å². The molecule has 0 aromatic carbocycles. The lowest BCUT2D eigenvalue weighted by molar-refractivity contribution is 0.0733. The smallest absolute Gasteiger partial charge is 0.293 e. The molecule has 0 aliphatic rings. The normalized spacial score (nSPS) is 12.7. The number of carbonyl (C=O) groups excluding carboxylic acids is 1. The minimum absolute atomic E-state index is 0.0218. The maximum Gasteiger partial charge on any atom is 0.293 e. The van der Waals surface area contributed by atoms with Crippen molar-refractivity contribution in [1.29, 1.82) is 0 Å². The van der Waals surface area contributed by atoms with Crippen molar-refractivity contribution in [3.8, 4) is 0 Å². The van der Waals surface area contributed by atoms with E-state index in [2.05, 4.69) is 15.2 Å². The highest BCUT2D eigenvalue weighted by molar-refractivity contribution is 7.10. The van der Waals surface area contributed by atoms with Crippen LogP contribution in [-0.4, -0.2) is 33.0 Å². The first-order valence-corrected chi connectivity index (χ1v) is 7.11. The Hall–Kier alpha value is -1.69. The van der Waals surface area contributed by atoms with Crippen LogP contribution in [0.2, 0.25) is 0 Å². The van der Waals surface area contributed by atoms with Gasteiger partial charge in [0.2, 0.25) is 5.82 Å². The van der Waals surface area contributed by atoms with Gasteiger partial charge >= 0.3 is 0 Å². The van der Waals surface area contributed by atoms with E-state index in [0.29, 0.717) is 0 Å². The fourth-order valence-electron chi connectivity index (χ4n) is 1.68. The highest BCUT2D eigenvalue weighted by Gasteiger charge is 2.23. The third-order valence-electron chi connectivity index (χ3n) is 3.10. The Morgan fingerprint density at radius 2 is 2.16 bits per heavy atom. The van der Waals surface area contributed by atoms with Gasteiger partial charge in [-0.15, -0.1) is 16.4 Å². The summed E-state index contributed by atoms with van der Waals surface area (Å²) in [6.07, 6.45) is 0. The van der Waals surface area contributed by atoms with Crippen LogP contribution < -0.4 is 0 Å². The second kappa shape index (κ2) is 5.52. The largest absolute Gasteiger partial charge is 0.331 e. The molecule has 0 saturated heterocycles. The van der Waals surface area contributed by atoms with Gasteiger partial charge in [0.15, 0.2) is 0 Å². The molecular weight excluding hydrogens is 260 g/mol. The zero-order valence-corrected chi connectivity index (χ0v) is 12.4. The first kappa shape index (κ1) is 13.7. The van der Waals surface area contributed by atoms with Crippen LogP contribution in [0.1, 0.15) is 54.1 Å². The predicted molar refractivity (Wildman–Crippen MR) is 75.3 cm³/mol. The summed E-state index contributed by atoms with van der Waals surface area (Å²) in [6.45, 7) is 6.01. The molecule has 1 N–H and O–H groups in total.